The van der Waals surface area contributed by atoms with E-state index >= 15 is 0 Å². The van der Waals surface area contributed by atoms with Crippen LogP contribution in [-0.4, -0.2) is 30.8 Å². The molecule has 4 heteroatoms. The van der Waals surface area contributed by atoms with E-state index in [0.29, 0.717) is 11.6 Å². The summed E-state index contributed by atoms with van der Waals surface area (Å²) >= 11 is 0. The molecule has 2 rings (SSSR count). The van der Waals surface area contributed by atoms with Gasteiger partial charge in [-0.1, -0.05) is 12.1 Å². The number of ether oxygens (including phenoxy) is 2. The number of hydrogen-bond donors (Lipinski definition) is 1. The van der Waals surface area contributed by atoms with Crippen molar-refractivity contribution in [1.82, 2.24) is 5.32 Å². The first-order chi connectivity index (χ1) is 9.94. The fraction of sp³-hybridized carbons (Fsp3) is 0.588. The van der Waals surface area contributed by atoms with Gasteiger partial charge in [-0.25, -0.2) is 4.79 Å². The average molecular weight is 291 g/mol. The summed E-state index contributed by atoms with van der Waals surface area (Å²) in [5, 5.41) is 3.52. The van der Waals surface area contributed by atoms with Gasteiger partial charge < -0.3 is 14.8 Å². The molecule has 1 aromatic rings. The Morgan fingerprint density at radius 3 is 2.71 bits per heavy atom. The third-order valence-corrected chi connectivity index (χ3v) is 3.38. The Morgan fingerprint density at radius 1 is 1.33 bits per heavy atom. The Labute approximate surface area is 126 Å². The van der Waals surface area contributed by atoms with E-state index in [-0.39, 0.29) is 5.97 Å². The lowest BCUT2D eigenvalue weighted by Gasteiger charge is -2.23. The van der Waals surface area contributed by atoms with Crippen molar-refractivity contribution in [3.8, 4) is 0 Å². The molecule has 0 unspecified atom stereocenters. The highest BCUT2D eigenvalue weighted by Gasteiger charge is 2.18. The monoisotopic (exact) mass is 291 g/mol. The fourth-order valence-corrected chi connectivity index (χ4v) is 2.31. The van der Waals surface area contributed by atoms with Crippen LogP contribution in [0, 0.1) is 0 Å². The van der Waals surface area contributed by atoms with Crippen LogP contribution < -0.4 is 5.32 Å². The summed E-state index contributed by atoms with van der Waals surface area (Å²) in [5.41, 5.74) is 1.24. The van der Waals surface area contributed by atoms with Gasteiger partial charge in [-0.2, -0.15) is 0 Å². The van der Waals surface area contributed by atoms with Crippen molar-refractivity contribution in [3.63, 3.8) is 0 Å². The highest BCUT2D eigenvalue weighted by Crippen LogP contribution is 2.14. The van der Waals surface area contributed by atoms with Crippen molar-refractivity contribution < 1.29 is 14.3 Å². The molecule has 4 nitrogen and oxygen atoms in total. The van der Waals surface area contributed by atoms with Crippen molar-refractivity contribution in [2.45, 2.75) is 51.8 Å². The van der Waals surface area contributed by atoms with Gasteiger partial charge in [0, 0.05) is 25.8 Å². The van der Waals surface area contributed by atoms with Crippen LogP contribution in [0.4, 0.5) is 0 Å². The summed E-state index contributed by atoms with van der Waals surface area (Å²) in [6.07, 6.45) is 2.09. The van der Waals surface area contributed by atoms with Crippen LogP contribution in [0.2, 0.25) is 0 Å². The first-order valence-electron chi connectivity index (χ1n) is 7.57. The molecule has 1 N–H and O–H groups in total. The highest BCUT2D eigenvalue weighted by molar-refractivity contribution is 5.89. The SMILES string of the molecule is CC(C)(C)OC(=O)c1cccc(CNC2CCOCC2)c1. The molecule has 0 amide bonds. The maximum absolute atomic E-state index is 12.1. The minimum atomic E-state index is -0.465. The Bertz CT molecular complexity index is 473. The van der Waals surface area contributed by atoms with E-state index < -0.39 is 5.60 Å². The summed E-state index contributed by atoms with van der Waals surface area (Å²) in [4.78, 5) is 12.1. The van der Waals surface area contributed by atoms with Crippen LogP contribution in [0.1, 0.15) is 49.5 Å². The highest BCUT2D eigenvalue weighted by atomic mass is 16.6. The minimum absolute atomic E-state index is 0.268. The number of nitrogens with one attached hydrogen (secondary N) is 1. The molecule has 21 heavy (non-hydrogen) atoms. The Hall–Kier alpha value is -1.39. The zero-order valence-electron chi connectivity index (χ0n) is 13.1. The van der Waals surface area contributed by atoms with Crippen molar-refractivity contribution in [2.24, 2.45) is 0 Å². The molecule has 1 heterocycles. The van der Waals surface area contributed by atoms with E-state index in [4.69, 9.17) is 9.47 Å². The molecule has 0 spiro atoms. The molecule has 1 saturated heterocycles. The van der Waals surface area contributed by atoms with Crippen LogP contribution in [0.5, 0.6) is 0 Å². The van der Waals surface area contributed by atoms with Gasteiger partial charge in [-0.05, 0) is 51.3 Å². The molecular formula is C17H25NO3. The largest absolute Gasteiger partial charge is 0.456 e. The minimum Gasteiger partial charge on any atom is -0.456 e. The Morgan fingerprint density at radius 2 is 2.05 bits per heavy atom. The summed E-state index contributed by atoms with van der Waals surface area (Å²) in [6, 6.07) is 8.14. The molecule has 1 aromatic carbocycles. The number of rotatable bonds is 4. The summed E-state index contributed by atoms with van der Waals surface area (Å²) in [7, 11) is 0. The smallest absolute Gasteiger partial charge is 0.338 e. The number of esters is 1. The average Bonchev–Trinajstić information content (AvgIpc) is 2.45. The maximum atomic E-state index is 12.1. The second-order valence-corrected chi connectivity index (χ2v) is 6.47. The van der Waals surface area contributed by atoms with Crippen LogP contribution in [0.25, 0.3) is 0 Å². The Balaban J connectivity index is 1.92. The Kier molecular flexibility index (Phi) is 5.37. The topological polar surface area (TPSA) is 47.6 Å². The van der Waals surface area contributed by atoms with E-state index in [2.05, 4.69) is 5.32 Å². The second kappa shape index (κ2) is 7.05. The van der Waals surface area contributed by atoms with Crippen LogP contribution in [-0.2, 0) is 16.0 Å². The molecule has 0 radical (unpaired) electrons. The number of carbonyl (C=O) groups excluding carboxylic acids is 1. The number of hydrogen-bond acceptors (Lipinski definition) is 4. The lowest BCUT2D eigenvalue weighted by atomic mass is 10.1. The molecule has 0 atom stereocenters. The summed E-state index contributed by atoms with van der Waals surface area (Å²) in [5.74, 6) is -0.268. The first kappa shape index (κ1) is 16.0. The van der Waals surface area contributed by atoms with Crippen LogP contribution in [0.15, 0.2) is 24.3 Å². The normalized spacial score (nSPS) is 16.7. The van der Waals surface area contributed by atoms with Crippen molar-refractivity contribution in [1.29, 1.82) is 0 Å². The van der Waals surface area contributed by atoms with Crippen LogP contribution >= 0.6 is 0 Å². The van der Waals surface area contributed by atoms with E-state index in [1.54, 1.807) is 6.07 Å². The fourth-order valence-electron chi connectivity index (χ4n) is 2.31. The molecule has 116 valence electrons. The van der Waals surface area contributed by atoms with E-state index in [0.717, 1.165) is 38.2 Å². The van der Waals surface area contributed by atoms with Crippen molar-refractivity contribution >= 4 is 5.97 Å². The van der Waals surface area contributed by atoms with E-state index in [1.807, 2.05) is 39.0 Å². The molecular weight excluding hydrogens is 266 g/mol. The molecule has 1 fully saturated rings. The molecule has 0 aromatic heterocycles. The molecule has 0 saturated carbocycles. The number of benzene rings is 1. The summed E-state index contributed by atoms with van der Waals surface area (Å²) < 4.78 is 10.7. The zero-order chi connectivity index (χ0) is 15.3. The zero-order valence-corrected chi connectivity index (χ0v) is 13.1. The third-order valence-electron chi connectivity index (χ3n) is 3.38. The van der Waals surface area contributed by atoms with Gasteiger partial charge in [0.1, 0.15) is 5.60 Å². The summed E-state index contributed by atoms with van der Waals surface area (Å²) in [6.45, 7) is 8.05. The van der Waals surface area contributed by atoms with Crippen molar-refractivity contribution in [3.05, 3.63) is 35.4 Å². The predicted molar refractivity (Wildman–Crippen MR) is 82.3 cm³/mol. The van der Waals surface area contributed by atoms with E-state index in [9.17, 15) is 4.79 Å². The maximum Gasteiger partial charge on any atom is 0.338 e. The molecule has 1 aliphatic rings. The van der Waals surface area contributed by atoms with Gasteiger partial charge in [-0.3, -0.25) is 0 Å². The van der Waals surface area contributed by atoms with Crippen molar-refractivity contribution in [2.75, 3.05) is 13.2 Å². The third kappa shape index (κ3) is 5.48. The molecule has 0 bridgehead atoms. The molecule has 1 aliphatic heterocycles. The van der Waals surface area contributed by atoms with E-state index in [1.165, 1.54) is 0 Å². The van der Waals surface area contributed by atoms with Crippen LogP contribution in [0.3, 0.4) is 0 Å². The first-order valence-corrected chi connectivity index (χ1v) is 7.57. The predicted octanol–water partition coefficient (Wildman–Crippen LogP) is 2.91. The van der Waals surface area contributed by atoms with Gasteiger partial charge in [-0.15, -0.1) is 0 Å². The second-order valence-electron chi connectivity index (χ2n) is 6.47. The quantitative estimate of drug-likeness (QED) is 0.867. The standard InChI is InChI=1S/C17H25NO3/c1-17(2,3)21-16(19)14-6-4-5-13(11-14)12-18-15-7-9-20-10-8-15/h4-6,11,15,18H,7-10,12H2,1-3H3. The van der Waals surface area contributed by atoms with Gasteiger partial charge in [0.15, 0.2) is 0 Å². The van der Waals surface area contributed by atoms with Gasteiger partial charge >= 0.3 is 5.97 Å². The van der Waals surface area contributed by atoms with Gasteiger partial charge in [0.2, 0.25) is 0 Å². The van der Waals surface area contributed by atoms with Gasteiger partial charge in [0.25, 0.3) is 0 Å². The molecule has 0 aliphatic carbocycles. The lowest BCUT2D eigenvalue weighted by Crippen LogP contribution is -2.34. The lowest BCUT2D eigenvalue weighted by molar-refractivity contribution is 0.00694. The number of carbonyl (C=O) groups is 1. The van der Waals surface area contributed by atoms with Gasteiger partial charge in [0.05, 0.1) is 5.56 Å².